The third-order valence-electron chi connectivity index (χ3n) is 2.46. The van der Waals surface area contributed by atoms with Crippen LogP contribution >= 0.6 is 11.3 Å². The number of carbonyl (C=O) groups excluding carboxylic acids is 1. The lowest BCUT2D eigenvalue weighted by atomic mass is 10.3. The van der Waals surface area contributed by atoms with E-state index in [0.717, 1.165) is 15.6 Å². The molecule has 0 radical (unpaired) electrons. The monoisotopic (exact) mass is 322 g/mol. The van der Waals surface area contributed by atoms with E-state index >= 15 is 0 Å². The minimum absolute atomic E-state index is 0.0778. The second-order valence-electron chi connectivity index (χ2n) is 3.80. The van der Waals surface area contributed by atoms with Crippen LogP contribution in [0.3, 0.4) is 0 Å². The van der Waals surface area contributed by atoms with Crippen molar-refractivity contribution in [3.05, 3.63) is 11.2 Å². The standard InChI is InChI=1S/C10H14N2O6S2/c1-12(5-3-4-7(13)18-2)20(16,17)10-8(9(14)15)11-6-19-10/h6H,3-5H2,1-2H3,(H,14,15). The Labute approximate surface area is 120 Å². The van der Waals surface area contributed by atoms with Crippen LogP contribution in [-0.2, 0) is 19.6 Å². The molecule has 8 nitrogen and oxygen atoms in total. The van der Waals surface area contributed by atoms with Gasteiger partial charge in [-0.2, -0.15) is 0 Å². The van der Waals surface area contributed by atoms with E-state index in [2.05, 4.69) is 9.72 Å². The molecule has 1 N–H and O–H groups in total. The van der Waals surface area contributed by atoms with Gasteiger partial charge in [0, 0.05) is 20.0 Å². The van der Waals surface area contributed by atoms with Crippen LogP contribution in [0.1, 0.15) is 23.3 Å². The van der Waals surface area contributed by atoms with Crippen LogP contribution in [0.4, 0.5) is 0 Å². The van der Waals surface area contributed by atoms with Gasteiger partial charge in [-0.3, -0.25) is 4.79 Å². The summed E-state index contributed by atoms with van der Waals surface area (Å²) in [5.74, 6) is -1.83. The predicted octanol–water partition coefficient (Wildman–Crippen LogP) is 0.415. The fourth-order valence-corrected chi connectivity index (χ4v) is 3.91. The summed E-state index contributed by atoms with van der Waals surface area (Å²) < 4.78 is 29.5. The fourth-order valence-electron chi connectivity index (χ4n) is 1.37. The number of methoxy groups -OCH3 is 1. The van der Waals surface area contributed by atoms with Gasteiger partial charge < -0.3 is 9.84 Å². The molecule has 1 aromatic heterocycles. The quantitative estimate of drug-likeness (QED) is 0.723. The van der Waals surface area contributed by atoms with E-state index in [9.17, 15) is 18.0 Å². The minimum atomic E-state index is -3.92. The summed E-state index contributed by atoms with van der Waals surface area (Å²) in [4.78, 5) is 25.4. The largest absolute Gasteiger partial charge is 0.476 e. The first-order chi connectivity index (χ1) is 9.30. The molecule has 0 atom stereocenters. The van der Waals surface area contributed by atoms with E-state index in [4.69, 9.17) is 5.11 Å². The van der Waals surface area contributed by atoms with Gasteiger partial charge >= 0.3 is 11.9 Å². The van der Waals surface area contributed by atoms with Crippen molar-refractivity contribution >= 4 is 33.3 Å². The number of aromatic nitrogens is 1. The Morgan fingerprint density at radius 1 is 1.50 bits per heavy atom. The molecular formula is C10H14N2O6S2. The number of nitrogens with zero attached hydrogens (tertiary/aromatic N) is 2. The molecule has 0 fully saturated rings. The Hall–Kier alpha value is -1.52. The third-order valence-corrected chi connectivity index (χ3v) is 5.67. The van der Waals surface area contributed by atoms with Gasteiger partial charge in [0.1, 0.15) is 0 Å². The van der Waals surface area contributed by atoms with E-state index in [0.29, 0.717) is 0 Å². The second-order valence-corrected chi connectivity index (χ2v) is 6.89. The highest BCUT2D eigenvalue weighted by Crippen LogP contribution is 2.23. The fraction of sp³-hybridized carbons (Fsp3) is 0.500. The molecule has 0 saturated carbocycles. The first-order valence-corrected chi connectivity index (χ1v) is 7.82. The number of carbonyl (C=O) groups is 2. The molecule has 0 spiro atoms. The zero-order valence-corrected chi connectivity index (χ0v) is 12.5. The van der Waals surface area contributed by atoms with Crippen molar-refractivity contribution in [3.63, 3.8) is 0 Å². The van der Waals surface area contributed by atoms with Crippen LogP contribution in [0.25, 0.3) is 0 Å². The molecule has 0 aliphatic carbocycles. The lowest BCUT2D eigenvalue weighted by molar-refractivity contribution is -0.140. The highest BCUT2D eigenvalue weighted by Gasteiger charge is 2.29. The minimum Gasteiger partial charge on any atom is -0.476 e. The highest BCUT2D eigenvalue weighted by atomic mass is 32.2. The van der Waals surface area contributed by atoms with Crippen LogP contribution in [0.5, 0.6) is 0 Å². The molecule has 112 valence electrons. The second kappa shape index (κ2) is 6.77. The summed E-state index contributed by atoms with van der Waals surface area (Å²) in [5.41, 5.74) is 0.674. The Morgan fingerprint density at radius 3 is 2.70 bits per heavy atom. The third kappa shape index (κ3) is 3.74. The summed E-state index contributed by atoms with van der Waals surface area (Å²) in [6.07, 6.45) is 0.369. The van der Waals surface area contributed by atoms with E-state index < -0.39 is 27.7 Å². The molecule has 1 heterocycles. The summed E-state index contributed by atoms with van der Waals surface area (Å²) in [6, 6.07) is 0. The Kier molecular flexibility index (Phi) is 5.60. The zero-order valence-electron chi connectivity index (χ0n) is 10.9. The van der Waals surface area contributed by atoms with Gasteiger partial charge in [0.05, 0.1) is 12.6 Å². The molecule has 0 aliphatic rings. The number of thiazole rings is 1. The molecule has 0 aliphatic heterocycles. The van der Waals surface area contributed by atoms with Gasteiger partial charge in [-0.1, -0.05) is 0 Å². The Morgan fingerprint density at radius 2 is 2.15 bits per heavy atom. The van der Waals surface area contributed by atoms with Gasteiger partial charge in [0.2, 0.25) is 0 Å². The molecule has 0 amide bonds. The predicted molar refractivity (Wildman–Crippen MR) is 70.1 cm³/mol. The van der Waals surface area contributed by atoms with Crippen LogP contribution < -0.4 is 0 Å². The van der Waals surface area contributed by atoms with E-state index in [1.807, 2.05) is 0 Å². The number of hydrogen-bond acceptors (Lipinski definition) is 7. The smallest absolute Gasteiger partial charge is 0.356 e. The molecule has 1 aromatic rings. The number of ether oxygens (including phenoxy) is 1. The van der Waals surface area contributed by atoms with E-state index in [1.165, 1.54) is 19.7 Å². The number of carboxylic acids is 1. The lowest BCUT2D eigenvalue weighted by Gasteiger charge is -2.15. The van der Waals surface area contributed by atoms with Gasteiger partial charge in [0.15, 0.2) is 9.90 Å². The SMILES string of the molecule is COC(=O)CCCN(C)S(=O)(=O)c1scnc1C(=O)O. The van der Waals surface area contributed by atoms with Crippen LogP contribution in [0.15, 0.2) is 9.72 Å². The number of aromatic carboxylic acids is 1. The van der Waals surface area contributed by atoms with Crippen molar-refractivity contribution in [3.8, 4) is 0 Å². The average Bonchev–Trinajstić information content (AvgIpc) is 2.88. The van der Waals surface area contributed by atoms with Gasteiger partial charge in [-0.05, 0) is 6.42 Å². The summed E-state index contributed by atoms with van der Waals surface area (Å²) in [5, 5.41) is 8.88. The maximum Gasteiger partial charge on any atom is 0.356 e. The molecule has 0 saturated heterocycles. The van der Waals surface area contributed by atoms with Crippen molar-refractivity contribution < 1.29 is 27.9 Å². The molecule has 0 aromatic carbocycles. The molecule has 1 rings (SSSR count). The van der Waals surface area contributed by atoms with Crippen LogP contribution in [0.2, 0.25) is 0 Å². The van der Waals surface area contributed by atoms with Crippen molar-refractivity contribution in [1.29, 1.82) is 0 Å². The first-order valence-electron chi connectivity index (χ1n) is 5.50. The zero-order chi connectivity index (χ0) is 15.3. The van der Waals surface area contributed by atoms with E-state index in [1.54, 1.807) is 0 Å². The molecular weight excluding hydrogens is 308 g/mol. The number of rotatable bonds is 7. The summed E-state index contributed by atoms with van der Waals surface area (Å²) >= 11 is 0.744. The number of sulfonamides is 1. The first kappa shape index (κ1) is 16.5. The van der Waals surface area contributed by atoms with Gasteiger partial charge in [0.25, 0.3) is 10.0 Å². The summed E-state index contributed by atoms with van der Waals surface area (Å²) in [6.45, 7) is 0.0778. The van der Waals surface area contributed by atoms with Gasteiger partial charge in [-0.25, -0.2) is 22.5 Å². The molecule has 0 bridgehead atoms. The molecule has 10 heteroatoms. The van der Waals surface area contributed by atoms with Crippen molar-refractivity contribution in [1.82, 2.24) is 9.29 Å². The van der Waals surface area contributed by atoms with Gasteiger partial charge in [-0.15, -0.1) is 11.3 Å². The maximum absolute atomic E-state index is 12.2. The number of esters is 1. The highest BCUT2D eigenvalue weighted by molar-refractivity contribution is 7.91. The maximum atomic E-state index is 12.2. The Bertz CT molecular complexity index is 595. The number of carboxylic acid groups (broad SMARTS) is 1. The van der Waals surface area contributed by atoms with Crippen molar-refractivity contribution in [2.45, 2.75) is 17.1 Å². The van der Waals surface area contributed by atoms with Crippen molar-refractivity contribution in [2.75, 3.05) is 20.7 Å². The molecule has 20 heavy (non-hydrogen) atoms. The van der Waals surface area contributed by atoms with Crippen LogP contribution in [-0.4, -0.2) is 55.5 Å². The summed E-state index contributed by atoms with van der Waals surface area (Å²) in [7, 11) is -1.35. The van der Waals surface area contributed by atoms with Crippen LogP contribution in [0, 0.1) is 0 Å². The molecule has 0 unspecified atom stereocenters. The topological polar surface area (TPSA) is 114 Å². The average molecular weight is 322 g/mol. The van der Waals surface area contributed by atoms with E-state index in [-0.39, 0.29) is 23.6 Å². The Balaban J connectivity index is 2.80. The normalized spacial score (nSPS) is 11.6. The number of hydrogen-bond donors (Lipinski definition) is 1. The van der Waals surface area contributed by atoms with Crippen molar-refractivity contribution in [2.24, 2.45) is 0 Å². The lowest BCUT2D eigenvalue weighted by Crippen LogP contribution is -2.29.